The molecule has 16 heavy (non-hydrogen) atoms. The van der Waals surface area contributed by atoms with E-state index < -0.39 is 11.5 Å². The maximum Gasteiger partial charge on any atom is 0.324 e. The van der Waals surface area contributed by atoms with Gasteiger partial charge in [0.15, 0.2) is 0 Å². The van der Waals surface area contributed by atoms with Crippen LogP contribution >= 0.6 is 11.8 Å². The van der Waals surface area contributed by atoms with E-state index in [0.717, 1.165) is 12.2 Å². The zero-order valence-electron chi connectivity index (χ0n) is 9.90. The average molecular weight is 247 g/mol. The smallest absolute Gasteiger partial charge is 0.324 e. The first-order valence-corrected chi connectivity index (χ1v) is 6.85. The Hall–Kier alpha value is -0.260. The van der Waals surface area contributed by atoms with E-state index in [-0.39, 0.29) is 12.6 Å². The largest absolute Gasteiger partial charge is 0.480 e. The molecule has 1 aliphatic rings. The maximum absolute atomic E-state index is 11.3. The lowest BCUT2D eigenvalue weighted by Crippen LogP contribution is -2.57. The van der Waals surface area contributed by atoms with Gasteiger partial charge in [-0.25, -0.2) is 0 Å². The highest BCUT2D eigenvalue weighted by atomic mass is 32.2. The van der Waals surface area contributed by atoms with Gasteiger partial charge in [0.05, 0.1) is 6.61 Å². The number of hydrogen-bond donors (Lipinski definition) is 3. The van der Waals surface area contributed by atoms with E-state index in [1.807, 2.05) is 0 Å². The Balaban J connectivity index is 2.63. The minimum Gasteiger partial charge on any atom is -0.480 e. The van der Waals surface area contributed by atoms with Crippen molar-refractivity contribution < 1.29 is 15.0 Å². The van der Waals surface area contributed by atoms with Gasteiger partial charge in [-0.1, -0.05) is 13.8 Å². The van der Waals surface area contributed by atoms with Crippen LogP contribution in [0.25, 0.3) is 0 Å². The van der Waals surface area contributed by atoms with Crippen LogP contribution in [0, 0.1) is 5.92 Å². The van der Waals surface area contributed by atoms with E-state index in [9.17, 15) is 15.0 Å². The molecule has 0 aromatic carbocycles. The summed E-state index contributed by atoms with van der Waals surface area (Å²) in [5.41, 5.74) is -0.826. The number of nitrogens with one attached hydrogen (secondary N) is 1. The molecule has 1 saturated heterocycles. The molecule has 0 aromatic heterocycles. The molecule has 5 heteroatoms. The molecule has 0 spiro atoms. The van der Waals surface area contributed by atoms with Gasteiger partial charge >= 0.3 is 5.97 Å². The van der Waals surface area contributed by atoms with Gasteiger partial charge in [-0.2, -0.15) is 11.8 Å². The van der Waals surface area contributed by atoms with Crippen molar-refractivity contribution in [2.75, 3.05) is 18.1 Å². The molecule has 4 nitrogen and oxygen atoms in total. The molecule has 0 bridgehead atoms. The van der Waals surface area contributed by atoms with E-state index in [0.29, 0.717) is 18.1 Å². The van der Waals surface area contributed by atoms with E-state index in [1.54, 1.807) is 11.8 Å². The SMILES string of the molecule is CC(C)CC(CO)NC1(C(=O)O)CCSC1. The summed E-state index contributed by atoms with van der Waals surface area (Å²) in [6.07, 6.45) is 1.44. The molecule has 1 heterocycles. The van der Waals surface area contributed by atoms with Crippen molar-refractivity contribution in [1.29, 1.82) is 0 Å². The Labute approximate surface area is 101 Å². The first kappa shape index (κ1) is 13.8. The Kier molecular flexibility index (Phi) is 5.08. The Bertz CT molecular complexity index is 239. The number of rotatable bonds is 6. The van der Waals surface area contributed by atoms with Crippen LogP contribution in [-0.2, 0) is 4.79 Å². The quantitative estimate of drug-likeness (QED) is 0.652. The molecule has 0 radical (unpaired) electrons. The molecule has 2 atom stereocenters. The predicted octanol–water partition coefficient (Wildman–Crippen LogP) is 0.943. The van der Waals surface area contributed by atoms with Gasteiger partial charge in [0.25, 0.3) is 0 Å². The molecule has 0 aliphatic carbocycles. The minimum atomic E-state index is -0.826. The first-order valence-electron chi connectivity index (χ1n) is 5.70. The summed E-state index contributed by atoms with van der Waals surface area (Å²) in [5.74, 6) is 1.13. The molecular formula is C11H21NO3S. The summed E-state index contributed by atoms with van der Waals surface area (Å²) < 4.78 is 0. The fourth-order valence-electron chi connectivity index (χ4n) is 2.05. The number of carboxylic acid groups (broad SMARTS) is 1. The summed E-state index contributed by atoms with van der Waals surface area (Å²) in [7, 11) is 0. The number of aliphatic hydroxyl groups excluding tert-OH is 1. The highest BCUT2D eigenvalue weighted by Crippen LogP contribution is 2.29. The van der Waals surface area contributed by atoms with Crippen LogP contribution < -0.4 is 5.32 Å². The molecular weight excluding hydrogens is 226 g/mol. The third kappa shape index (κ3) is 3.37. The van der Waals surface area contributed by atoms with Gasteiger partial charge in [0, 0.05) is 11.8 Å². The van der Waals surface area contributed by atoms with Crippen LogP contribution in [0.2, 0.25) is 0 Å². The van der Waals surface area contributed by atoms with Crippen molar-refractivity contribution in [2.24, 2.45) is 5.92 Å². The minimum absolute atomic E-state index is 0.00211. The van der Waals surface area contributed by atoms with Crippen molar-refractivity contribution in [2.45, 2.75) is 38.3 Å². The number of aliphatic carboxylic acids is 1. The fraction of sp³-hybridized carbons (Fsp3) is 0.909. The third-order valence-electron chi connectivity index (χ3n) is 2.89. The second-order valence-electron chi connectivity index (χ2n) is 4.84. The Morgan fingerprint density at radius 2 is 2.25 bits per heavy atom. The highest BCUT2D eigenvalue weighted by molar-refractivity contribution is 7.99. The summed E-state index contributed by atoms with van der Waals surface area (Å²) in [6, 6.07) is -0.116. The fourth-order valence-corrected chi connectivity index (χ4v) is 3.38. The lowest BCUT2D eigenvalue weighted by molar-refractivity contribution is -0.144. The zero-order chi connectivity index (χ0) is 12.2. The monoisotopic (exact) mass is 247 g/mol. The van der Waals surface area contributed by atoms with Crippen LogP contribution in [0.1, 0.15) is 26.7 Å². The van der Waals surface area contributed by atoms with E-state index in [2.05, 4.69) is 19.2 Å². The van der Waals surface area contributed by atoms with Crippen molar-refractivity contribution in [3.63, 3.8) is 0 Å². The molecule has 0 amide bonds. The lowest BCUT2D eigenvalue weighted by atomic mass is 9.95. The topological polar surface area (TPSA) is 69.6 Å². The number of thioether (sulfide) groups is 1. The second kappa shape index (κ2) is 5.89. The zero-order valence-corrected chi connectivity index (χ0v) is 10.7. The van der Waals surface area contributed by atoms with Crippen LogP contribution in [0.15, 0.2) is 0 Å². The van der Waals surface area contributed by atoms with Gasteiger partial charge in [-0.3, -0.25) is 10.1 Å². The average Bonchev–Trinajstić information content (AvgIpc) is 2.66. The summed E-state index contributed by atoms with van der Waals surface area (Å²) in [4.78, 5) is 11.3. The van der Waals surface area contributed by atoms with Gasteiger partial charge in [0.1, 0.15) is 5.54 Å². The van der Waals surface area contributed by atoms with Gasteiger partial charge in [-0.15, -0.1) is 0 Å². The highest BCUT2D eigenvalue weighted by Gasteiger charge is 2.43. The molecule has 0 saturated carbocycles. The van der Waals surface area contributed by atoms with E-state index in [1.165, 1.54) is 0 Å². The van der Waals surface area contributed by atoms with E-state index >= 15 is 0 Å². The number of aliphatic hydroxyl groups is 1. The van der Waals surface area contributed by atoms with Crippen molar-refractivity contribution >= 4 is 17.7 Å². The maximum atomic E-state index is 11.3. The summed E-state index contributed by atoms with van der Waals surface area (Å²) >= 11 is 1.66. The Morgan fingerprint density at radius 3 is 2.62 bits per heavy atom. The molecule has 94 valence electrons. The summed E-state index contributed by atoms with van der Waals surface area (Å²) in [6.45, 7) is 4.14. The summed E-state index contributed by atoms with van der Waals surface area (Å²) in [5, 5.41) is 21.7. The van der Waals surface area contributed by atoms with Gasteiger partial charge < -0.3 is 10.2 Å². The second-order valence-corrected chi connectivity index (χ2v) is 5.95. The van der Waals surface area contributed by atoms with Crippen LogP contribution in [0.3, 0.4) is 0 Å². The van der Waals surface area contributed by atoms with Gasteiger partial charge in [-0.05, 0) is 24.5 Å². The molecule has 2 unspecified atom stereocenters. The van der Waals surface area contributed by atoms with Crippen LogP contribution in [0.4, 0.5) is 0 Å². The van der Waals surface area contributed by atoms with Gasteiger partial charge in [0.2, 0.25) is 0 Å². The van der Waals surface area contributed by atoms with Crippen LogP contribution in [-0.4, -0.2) is 45.9 Å². The molecule has 1 aliphatic heterocycles. The van der Waals surface area contributed by atoms with Crippen molar-refractivity contribution in [3.05, 3.63) is 0 Å². The predicted molar refractivity (Wildman–Crippen MR) is 65.8 cm³/mol. The normalized spacial score (nSPS) is 27.2. The standard InChI is InChI=1S/C11H21NO3S/c1-8(2)5-9(6-13)12-11(10(14)15)3-4-16-7-11/h8-9,12-13H,3-7H2,1-2H3,(H,14,15). The molecule has 0 aromatic rings. The number of carboxylic acids is 1. The number of carbonyl (C=O) groups is 1. The molecule has 3 N–H and O–H groups in total. The molecule has 1 rings (SSSR count). The Morgan fingerprint density at radius 1 is 1.56 bits per heavy atom. The number of hydrogen-bond acceptors (Lipinski definition) is 4. The van der Waals surface area contributed by atoms with E-state index in [4.69, 9.17) is 0 Å². The van der Waals surface area contributed by atoms with Crippen molar-refractivity contribution in [1.82, 2.24) is 5.32 Å². The van der Waals surface area contributed by atoms with Crippen molar-refractivity contribution in [3.8, 4) is 0 Å². The van der Waals surface area contributed by atoms with Crippen LogP contribution in [0.5, 0.6) is 0 Å². The lowest BCUT2D eigenvalue weighted by Gasteiger charge is -2.30. The molecule has 1 fully saturated rings. The third-order valence-corrected chi connectivity index (χ3v) is 4.08. The first-order chi connectivity index (χ1) is 7.50.